The minimum absolute atomic E-state index is 0.0442. The van der Waals surface area contributed by atoms with E-state index in [4.69, 9.17) is 11.6 Å². The third-order valence-electron chi connectivity index (χ3n) is 4.08. The van der Waals surface area contributed by atoms with Crippen molar-refractivity contribution in [3.63, 3.8) is 0 Å². The van der Waals surface area contributed by atoms with Gasteiger partial charge in [-0.15, -0.1) is 0 Å². The first kappa shape index (κ1) is 17.6. The maximum atomic E-state index is 12.3. The first-order chi connectivity index (χ1) is 10.4. The molecule has 1 aliphatic heterocycles. The van der Waals surface area contributed by atoms with Crippen LogP contribution in [0.2, 0.25) is 5.02 Å². The summed E-state index contributed by atoms with van der Waals surface area (Å²) in [6, 6.07) is 7.67. The molecule has 122 valence electrons. The van der Waals surface area contributed by atoms with Gasteiger partial charge in [-0.05, 0) is 56.1 Å². The Bertz CT molecular complexity index is 501. The van der Waals surface area contributed by atoms with Crippen LogP contribution in [0, 0.1) is 0 Å². The van der Waals surface area contributed by atoms with E-state index in [-0.39, 0.29) is 11.9 Å². The molecule has 1 aromatic rings. The van der Waals surface area contributed by atoms with Gasteiger partial charge in [0.05, 0.1) is 6.04 Å². The monoisotopic (exact) mass is 342 g/mol. The van der Waals surface area contributed by atoms with Crippen molar-refractivity contribution in [2.75, 3.05) is 32.1 Å². The fraction of sp³-hybridized carbons (Fsp3) is 0.562. The second-order valence-electron chi connectivity index (χ2n) is 5.88. The van der Waals surface area contributed by atoms with Gasteiger partial charge in [-0.3, -0.25) is 4.79 Å². The molecule has 1 aliphatic rings. The van der Waals surface area contributed by atoms with Gasteiger partial charge in [0.15, 0.2) is 0 Å². The molecule has 1 saturated heterocycles. The third kappa shape index (κ3) is 4.38. The summed E-state index contributed by atoms with van der Waals surface area (Å²) in [5.41, 5.74) is -0.122. The summed E-state index contributed by atoms with van der Waals surface area (Å²) < 4.78 is 0. The lowest BCUT2D eigenvalue weighted by atomic mass is 9.95. The predicted octanol–water partition coefficient (Wildman–Crippen LogP) is 2.32. The van der Waals surface area contributed by atoms with Crippen molar-refractivity contribution >= 4 is 29.3 Å². The standard InChI is InChI=1S/C16H23ClN2O2S/c1-19(2)14(12-3-5-13(17)6-4-12)11-18-15(20)16(21)7-9-22-10-8-16/h3-6,14,21H,7-11H2,1-2H3,(H,18,20)/t14-/m0/s1. The van der Waals surface area contributed by atoms with Gasteiger partial charge in [0.25, 0.3) is 5.91 Å². The van der Waals surface area contributed by atoms with Gasteiger partial charge in [-0.25, -0.2) is 0 Å². The van der Waals surface area contributed by atoms with Crippen LogP contribution in [0.5, 0.6) is 0 Å². The molecular weight excluding hydrogens is 320 g/mol. The van der Waals surface area contributed by atoms with E-state index in [1.54, 1.807) is 11.8 Å². The van der Waals surface area contributed by atoms with E-state index in [0.29, 0.717) is 24.4 Å². The largest absolute Gasteiger partial charge is 0.380 e. The average Bonchev–Trinajstić information content (AvgIpc) is 2.49. The van der Waals surface area contributed by atoms with E-state index in [9.17, 15) is 9.90 Å². The molecule has 0 aromatic heterocycles. The van der Waals surface area contributed by atoms with Crippen LogP contribution in [-0.4, -0.2) is 53.7 Å². The molecule has 0 saturated carbocycles. The Kier molecular flexibility index (Phi) is 6.15. The molecule has 0 aliphatic carbocycles. The molecule has 1 atom stereocenters. The van der Waals surface area contributed by atoms with Crippen LogP contribution in [-0.2, 0) is 4.79 Å². The molecule has 0 bridgehead atoms. The van der Waals surface area contributed by atoms with Crippen molar-refractivity contribution in [3.8, 4) is 0 Å². The molecular formula is C16H23ClN2O2S. The highest BCUT2D eigenvalue weighted by atomic mass is 35.5. The number of nitrogens with zero attached hydrogens (tertiary/aromatic N) is 1. The Morgan fingerprint density at radius 3 is 2.50 bits per heavy atom. The van der Waals surface area contributed by atoms with Gasteiger partial charge in [0.1, 0.15) is 5.60 Å². The van der Waals surface area contributed by atoms with E-state index in [2.05, 4.69) is 5.32 Å². The maximum Gasteiger partial charge on any atom is 0.252 e. The third-order valence-corrected chi connectivity index (χ3v) is 5.31. The van der Waals surface area contributed by atoms with Crippen molar-refractivity contribution in [3.05, 3.63) is 34.9 Å². The zero-order valence-electron chi connectivity index (χ0n) is 13.0. The molecule has 2 rings (SSSR count). The number of amides is 1. The number of nitrogens with one attached hydrogen (secondary N) is 1. The fourth-order valence-electron chi connectivity index (χ4n) is 2.57. The highest BCUT2D eigenvalue weighted by Crippen LogP contribution is 2.27. The molecule has 0 unspecified atom stereocenters. The van der Waals surface area contributed by atoms with Crippen LogP contribution >= 0.6 is 23.4 Å². The molecule has 22 heavy (non-hydrogen) atoms. The number of hydrogen-bond acceptors (Lipinski definition) is 4. The summed E-state index contributed by atoms with van der Waals surface area (Å²) in [6.07, 6.45) is 1.05. The molecule has 0 radical (unpaired) electrons. The quantitative estimate of drug-likeness (QED) is 0.862. The molecule has 1 fully saturated rings. The number of rotatable bonds is 5. The van der Waals surface area contributed by atoms with Crippen molar-refractivity contribution in [1.29, 1.82) is 0 Å². The zero-order valence-corrected chi connectivity index (χ0v) is 14.6. The lowest BCUT2D eigenvalue weighted by Crippen LogP contribution is -2.50. The Hall–Kier alpha value is -0.750. The SMILES string of the molecule is CN(C)[C@@H](CNC(=O)C1(O)CCSCC1)c1ccc(Cl)cc1. The summed E-state index contributed by atoms with van der Waals surface area (Å²) in [7, 11) is 3.94. The number of carbonyl (C=O) groups excluding carboxylic acids is 1. The molecule has 6 heteroatoms. The molecule has 1 heterocycles. The van der Waals surface area contributed by atoms with Crippen LogP contribution in [0.25, 0.3) is 0 Å². The molecule has 4 nitrogen and oxygen atoms in total. The highest BCUT2D eigenvalue weighted by Gasteiger charge is 2.37. The number of thioether (sulfide) groups is 1. The van der Waals surface area contributed by atoms with E-state index in [1.165, 1.54) is 0 Å². The van der Waals surface area contributed by atoms with E-state index in [0.717, 1.165) is 17.1 Å². The van der Waals surface area contributed by atoms with Gasteiger partial charge in [0, 0.05) is 11.6 Å². The van der Waals surface area contributed by atoms with E-state index in [1.807, 2.05) is 43.3 Å². The number of aliphatic hydroxyl groups is 1. The topological polar surface area (TPSA) is 52.6 Å². The Morgan fingerprint density at radius 2 is 1.95 bits per heavy atom. The van der Waals surface area contributed by atoms with Gasteiger partial charge in [-0.2, -0.15) is 11.8 Å². The number of halogens is 1. The summed E-state index contributed by atoms with van der Waals surface area (Å²) in [5, 5.41) is 14.1. The first-order valence-corrected chi connectivity index (χ1v) is 8.96. The van der Waals surface area contributed by atoms with Gasteiger partial charge >= 0.3 is 0 Å². The summed E-state index contributed by atoms with van der Waals surface area (Å²) >= 11 is 7.71. The summed E-state index contributed by atoms with van der Waals surface area (Å²) in [6.45, 7) is 0.461. The number of carbonyl (C=O) groups is 1. The average molecular weight is 343 g/mol. The second kappa shape index (κ2) is 7.68. The lowest BCUT2D eigenvalue weighted by molar-refractivity contribution is -0.140. The van der Waals surface area contributed by atoms with E-state index < -0.39 is 5.60 Å². The van der Waals surface area contributed by atoms with Crippen LogP contribution < -0.4 is 5.32 Å². The molecule has 2 N–H and O–H groups in total. The summed E-state index contributed by atoms with van der Waals surface area (Å²) in [4.78, 5) is 14.4. The Balaban J connectivity index is 2.00. The van der Waals surface area contributed by atoms with Gasteiger partial charge in [-0.1, -0.05) is 23.7 Å². The predicted molar refractivity (Wildman–Crippen MR) is 92.4 cm³/mol. The minimum atomic E-state index is -1.21. The first-order valence-electron chi connectivity index (χ1n) is 7.43. The number of hydrogen-bond donors (Lipinski definition) is 2. The van der Waals surface area contributed by atoms with Gasteiger partial charge in [0.2, 0.25) is 0 Å². The van der Waals surface area contributed by atoms with E-state index >= 15 is 0 Å². The van der Waals surface area contributed by atoms with Crippen LogP contribution in [0.3, 0.4) is 0 Å². The van der Waals surface area contributed by atoms with Crippen molar-refractivity contribution in [1.82, 2.24) is 10.2 Å². The molecule has 0 spiro atoms. The minimum Gasteiger partial charge on any atom is -0.380 e. The number of benzene rings is 1. The second-order valence-corrected chi connectivity index (χ2v) is 7.55. The normalized spacial score (nSPS) is 19.0. The number of likely N-dealkylation sites (N-methyl/N-ethyl adjacent to an activating group) is 1. The Morgan fingerprint density at radius 1 is 1.36 bits per heavy atom. The molecule has 1 aromatic carbocycles. The molecule has 1 amide bonds. The van der Waals surface area contributed by atoms with Crippen LogP contribution in [0.15, 0.2) is 24.3 Å². The smallest absolute Gasteiger partial charge is 0.252 e. The van der Waals surface area contributed by atoms with Crippen molar-refractivity contribution in [2.24, 2.45) is 0 Å². The lowest BCUT2D eigenvalue weighted by Gasteiger charge is -2.32. The fourth-order valence-corrected chi connectivity index (χ4v) is 3.87. The van der Waals surface area contributed by atoms with Gasteiger partial charge < -0.3 is 15.3 Å². The summed E-state index contributed by atoms with van der Waals surface area (Å²) in [5.74, 6) is 1.41. The zero-order chi connectivity index (χ0) is 16.2. The highest BCUT2D eigenvalue weighted by molar-refractivity contribution is 7.99. The van der Waals surface area contributed by atoms with Crippen LogP contribution in [0.1, 0.15) is 24.4 Å². The Labute approximate surface area is 141 Å². The maximum absolute atomic E-state index is 12.3. The van der Waals surface area contributed by atoms with Crippen molar-refractivity contribution in [2.45, 2.75) is 24.5 Å². The van der Waals surface area contributed by atoms with Crippen molar-refractivity contribution < 1.29 is 9.90 Å². The van der Waals surface area contributed by atoms with Crippen LogP contribution in [0.4, 0.5) is 0 Å².